The van der Waals surface area contributed by atoms with Crippen LogP contribution in [0.4, 0.5) is 0 Å². The maximum absolute atomic E-state index is 10.3. The summed E-state index contributed by atoms with van der Waals surface area (Å²) < 4.78 is 0. The molecule has 0 aromatic heterocycles. The Hall–Kier alpha value is -0.974. The van der Waals surface area contributed by atoms with Crippen LogP contribution in [0.5, 0.6) is 0 Å². The Bertz CT molecular complexity index is 378. The van der Waals surface area contributed by atoms with E-state index in [9.17, 15) is 10.0 Å². The molecule has 1 unspecified atom stereocenters. The van der Waals surface area contributed by atoms with E-state index >= 15 is 0 Å². The van der Waals surface area contributed by atoms with Crippen molar-refractivity contribution in [2.24, 2.45) is 5.18 Å². The first-order valence-corrected chi connectivity index (χ1v) is 4.07. The van der Waals surface area contributed by atoms with Gasteiger partial charge in [-0.2, -0.15) is 0 Å². The molecule has 1 aromatic rings. The third-order valence-electron chi connectivity index (χ3n) is 2.19. The van der Waals surface area contributed by atoms with E-state index < -0.39 is 5.72 Å². The average Bonchev–Trinajstić information content (AvgIpc) is 2.18. The van der Waals surface area contributed by atoms with Gasteiger partial charge in [-0.15, -0.1) is 4.91 Å². The fourth-order valence-corrected chi connectivity index (χ4v) is 1.48. The van der Waals surface area contributed by atoms with Crippen LogP contribution < -0.4 is 0 Å². The van der Waals surface area contributed by atoms with Crippen LogP contribution in [0.15, 0.2) is 35.5 Å². The SMILES string of the molecule is O=NC1(O)C=Cc2ccccc2C1.[Co]. The van der Waals surface area contributed by atoms with Gasteiger partial charge in [0.15, 0.2) is 0 Å². The fourth-order valence-electron chi connectivity index (χ4n) is 1.48. The maximum Gasteiger partial charge on any atom is 0.221 e. The van der Waals surface area contributed by atoms with Crippen molar-refractivity contribution in [1.82, 2.24) is 0 Å². The van der Waals surface area contributed by atoms with Gasteiger partial charge in [0, 0.05) is 23.2 Å². The van der Waals surface area contributed by atoms with Crippen molar-refractivity contribution in [2.45, 2.75) is 12.1 Å². The van der Waals surface area contributed by atoms with E-state index in [-0.39, 0.29) is 23.2 Å². The minimum atomic E-state index is -1.55. The predicted molar refractivity (Wildman–Crippen MR) is 49.9 cm³/mol. The smallest absolute Gasteiger partial charge is 0.221 e. The number of benzene rings is 1. The first kappa shape index (κ1) is 11.1. The third kappa shape index (κ3) is 1.92. The molecule has 1 N–H and O–H groups in total. The van der Waals surface area contributed by atoms with E-state index in [4.69, 9.17) is 0 Å². The second kappa shape index (κ2) is 4.04. The summed E-state index contributed by atoms with van der Waals surface area (Å²) in [7, 11) is 0. The van der Waals surface area contributed by atoms with Crippen LogP contribution in [0.1, 0.15) is 11.1 Å². The van der Waals surface area contributed by atoms with Crippen molar-refractivity contribution in [3.63, 3.8) is 0 Å². The molecule has 1 atom stereocenters. The largest absolute Gasteiger partial charge is 0.363 e. The molecule has 0 fully saturated rings. The van der Waals surface area contributed by atoms with Crippen LogP contribution in [0.25, 0.3) is 6.08 Å². The number of hydrogen-bond acceptors (Lipinski definition) is 3. The van der Waals surface area contributed by atoms with Crippen molar-refractivity contribution in [1.29, 1.82) is 0 Å². The number of rotatable bonds is 1. The average molecular weight is 234 g/mol. The number of hydrogen-bond donors (Lipinski definition) is 1. The normalized spacial score (nSPS) is 23.5. The summed E-state index contributed by atoms with van der Waals surface area (Å²) in [6.45, 7) is 0. The summed E-state index contributed by atoms with van der Waals surface area (Å²) in [6.07, 6.45) is 3.42. The molecule has 3 nitrogen and oxygen atoms in total. The number of aliphatic hydroxyl groups is 1. The maximum atomic E-state index is 10.3. The molecule has 1 radical (unpaired) electrons. The Balaban J connectivity index is 0.000000980. The first-order valence-electron chi connectivity index (χ1n) is 4.07. The van der Waals surface area contributed by atoms with Gasteiger partial charge < -0.3 is 5.11 Å². The van der Waals surface area contributed by atoms with Crippen molar-refractivity contribution in [3.8, 4) is 0 Å². The Labute approximate surface area is 92.0 Å². The van der Waals surface area contributed by atoms with Crippen molar-refractivity contribution in [3.05, 3.63) is 46.4 Å². The Morgan fingerprint density at radius 2 is 2.07 bits per heavy atom. The summed E-state index contributed by atoms with van der Waals surface area (Å²) in [5.41, 5.74) is 0.442. The zero-order valence-corrected chi connectivity index (χ0v) is 8.35. The van der Waals surface area contributed by atoms with Gasteiger partial charge in [0.1, 0.15) is 0 Å². The molecule has 0 aliphatic heterocycles. The molecule has 0 saturated carbocycles. The van der Waals surface area contributed by atoms with Gasteiger partial charge in [0.05, 0.1) is 0 Å². The van der Waals surface area contributed by atoms with E-state index in [1.807, 2.05) is 24.3 Å². The first-order chi connectivity index (χ1) is 6.23. The van der Waals surface area contributed by atoms with E-state index in [0.717, 1.165) is 11.1 Å². The van der Waals surface area contributed by atoms with Gasteiger partial charge >= 0.3 is 0 Å². The molecule has 1 aliphatic carbocycles. The van der Waals surface area contributed by atoms with Crippen LogP contribution in [-0.2, 0) is 23.2 Å². The molecular weight excluding hydrogens is 225 g/mol. The van der Waals surface area contributed by atoms with Crippen molar-refractivity contribution in [2.75, 3.05) is 0 Å². The van der Waals surface area contributed by atoms with Crippen LogP contribution in [-0.4, -0.2) is 10.8 Å². The van der Waals surface area contributed by atoms with Crippen LogP contribution in [0.3, 0.4) is 0 Å². The van der Waals surface area contributed by atoms with Gasteiger partial charge in [0.25, 0.3) is 0 Å². The Morgan fingerprint density at radius 3 is 2.79 bits per heavy atom. The number of fused-ring (bicyclic) bond motifs is 1. The molecule has 2 rings (SSSR count). The fraction of sp³-hybridized carbons (Fsp3) is 0.200. The molecule has 14 heavy (non-hydrogen) atoms. The molecule has 0 heterocycles. The quantitative estimate of drug-likeness (QED) is 0.752. The summed E-state index contributed by atoms with van der Waals surface area (Å²) in [4.78, 5) is 10.3. The minimum absolute atomic E-state index is 0. The second-order valence-corrected chi connectivity index (χ2v) is 3.18. The topological polar surface area (TPSA) is 49.7 Å². The van der Waals surface area contributed by atoms with Crippen LogP contribution in [0, 0.1) is 4.91 Å². The summed E-state index contributed by atoms with van der Waals surface area (Å²) in [6, 6.07) is 7.62. The van der Waals surface area contributed by atoms with Gasteiger partial charge in [-0.3, -0.25) is 0 Å². The third-order valence-corrected chi connectivity index (χ3v) is 2.19. The van der Waals surface area contributed by atoms with Gasteiger partial charge in [-0.1, -0.05) is 30.3 Å². The van der Waals surface area contributed by atoms with E-state index in [0.29, 0.717) is 0 Å². The molecule has 0 amide bonds. The molecule has 0 spiro atoms. The molecule has 1 aromatic carbocycles. The molecule has 1 aliphatic rings. The van der Waals surface area contributed by atoms with Gasteiger partial charge in [-0.25, -0.2) is 0 Å². The van der Waals surface area contributed by atoms with Crippen molar-refractivity contribution >= 4 is 6.08 Å². The zero-order valence-electron chi connectivity index (χ0n) is 7.31. The summed E-state index contributed by atoms with van der Waals surface area (Å²) in [5.74, 6) is 0. The molecule has 0 bridgehead atoms. The van der Waals surface area contributed by atoms with E-state index in [1.54, 1.807) is 6.08 Å². The van der Waals surface area contributed by atoms with Crippen LogP contribution >= 0.6 is 0 Å². The van der Waals surface area contributed by atoms with E-state index in [1.165, 1.54) is 6.08 Å². The predicted octanol–water partition coefficient (Wildman–Crippen LogP) is 1.71. The number of nitrogens with zero attached hydrogens (tertiary/aromatic N) is 1. The zero-order chi connectivity index (χ0) is 9.31. The molecule has 75 valence electrons. The summed E-state index contributed by atoms with van der Waals surface area (Å²) in [5, 5.41) is 12.3. The van der Waals surface area contributed by atoms with Gasteiger partial charge in [-0.05, 0) is 22.4 Å². The second-order valence-electron chi connectivity index (χ2n) is 3.18. The molecule has 0 saturated heterocycles. The minimum Gasteiger partial charge on any atom is -0.363 e. The molecule has 4 heteroatoms. The van der Waals surface area contributed by atoms with Gasteiger partial charge in [0.2, 0.25) is 5.72 Å². The Morgan fingerprint density at radius 1 is 1.36 bits per heavy atom. The Kier molecular flexibility index (Phi) is 3.20. The van der Waals surface area contributed by atoms with Crippen molar-refractivity contribution < 1.29 is 21.9 Å². The summed E-state index contributed by atoms with van der Waals surface area (Å²) >= 11 is 0. The molecular formula is C10H9CoNO2. The van der Waals surface area contributed by atoms with Crippen LogP contribution in [0.2, 0.25) is 0 Å². The monoisotopic (exact) mass is 234 g/mol. The van der Waals surface area contributed by atoms with E-state index in [2.05, 4.69) is 5.18 Å². The standard InChI is InChI=1S/C10H9NO2.Co/c12-10(11-13)6-5-8-3-1-2-4-9(8)7-10;/h1-6,12H,7H2;. The number of nitroso groups, excluding NO2 is 1.